The summed E-state index contributed by atoms with van der Waals surface area (Å²) >= 11 is 0. The molecule has 41 heavy (non-hydrogen) atoms. The van der Waals surface area contributed by atoms with E-state index in [-0.39, 0.29) is 5.56 Å². The van der Waals surface area contributed by atoms with Crippen LogP contribution in [0.25, 0.3) is 11.0 Å². The van der Waals surface area contributed by atoms with E-state index in [0.717, 1.165) is 60.9 Å². The molecule has 2 aliphatic heterocycles. The molecule has 15 nitrogen and oxygen atoms in total. The zero-order valence-electron chi connectivity index (χ0n) is 21.8. The molecule has 1 aromatic heterocycles. The first-order valence-corrected chi connectivity index (χ1v) is 13.0. The molecule has 0 spiro atoms. The summed E-state index contributed by atoms with van der Waals surface area (Å²) in [6, 6.07) is -0.288. The van der Waals surface area contributed by atoms with Gasteiger partial charge < -0.3 is 35.3 Å². The first-order valence-electron chi connectivity index (χ1n) is 13.0. The van der Waals surface area contributed by atoms with Crippen LogP contribution in [0.15, 0.2) is 21.3 Å². The maximum Gasteiger partial charge on any atom is 0.353 e. The van der Waals surface area contributed by atoms with Crippen molar-refractivity contribution in [3.05, 3.63) is 39.2 Å². The highest BCUT2D eigenvalue weighted by Gasteiger charge is 2.31. The van der Waals surface area contributed by atoms with Crippen molar-refractivity contribution in [2.45, 2.75) is 50.6 Å². The number of amides is 3. The molecule has 4 rings (SSSR count). The van der Waals surface area contributed by atoms with Gasteiger partial charge in [0.2, 0.25) is 5.91 Å². The zero-order chi connectivity index (χ0) is 29.8. The Kier molecular flexibility index (Phi) is 8.66. The maximum absolute atomic E-state index is 12.8. The average molecular weight is 574 g/mol. The minimum absolute atomic E-state index is 0.293. The second-order valence-electron chi connectivity index (χ2n) is 9.91. The Labute approximate surface area is 231 Å². The highest BCUT2D eigenvalue weighted by Crippen LogP contribution is 2.39. The van der Waals surface area contributed by atoms with Crippen LogP contribution in [0.1, 0.15) is 47.2 Å². The van der Waals surface area contributed by atoms with Gasteiger partial charge in [-0.15, -0.1) is 0 Å². The number of carboxylic acids is 3. The Morgan fingerprint density at radius 1 is 0.927 bits per heavy atom. The van der Waals surface area contributed by atoms with Gasteiger partial charge in [-0.2, -0.15) is 0 Å². The number of rotatable bonds is 11. The molecule has 0 fully saturated rings. The monoisotopic (exact) mass is 573 g/mol. The third kappa shape index (κ3) is 6.69. The topological polar surface area (TPSA) is 237 Å². The molecule has 0 aliphatic carbocycles. The Morgan fingerprint density at radius 3 is 2.24 bits per heavy atom. The highest BCUT2D eigenvalue weighted by molar-refractivity contribution is 5.96. The summed E-state index contributed by atoms with van der Waals surface area (Å²) in [4.78, 5) is 86.0. The molecule has 15 heteroatoms. The minimum atomic E-state index is -1.86. The quantitative estimate of drug-likeness (QED) is 0.163. The molecule has 3 heterocycles. The Balaban J connectivity index is 1.45. The molecule has 2 aromatic rings. The molecule has 0 bridgehead atoms. The predicted molar refractivity (Wildman–Crippen MR) is 138 cm³/mol. The summed E-state index contributed by atoms with van der Waals surface area (Å²) in [6.07, 6.45) is 1.58. The number of quaternary nitrogens is 1. The number of nitrogens with two attached hydrogens (primary N) is 1. The summed E-state index contributed by atoms with van der Waals surface area (Å²) in [6.45, 7) is 1.23. The number of aliphatic carboxylic acids is 3. The number of aryl methyl sites for hydroxylation is 2. The number of hydrogen-bond acceptors (Lipinski definition) is 9. The van der Waals surface area contributed by atoms with Crippen LogP contribution in [-0.2, 0) is 36.8 Å². The van der Waals surface area contributed by atoms with E-state index in [1.54, 1.807) is 0 Å². The van der Waals surface area contributed by atoms with E-state index < -0.39 is 72.7 Å². The van der Waals surface area contributed by atoms with Gasteiger partial charge >= 0.3 is 29.4 Å². The molecular formula is C26H29N4O11+. The number of carbonyl (C=O) groups excluding carboxylic acids is 3. The SMILES string of the molecule is O=C(O)C[C@H](NC(=O)[C@H](CC(=O)O)NC(=O)C[NH2+]C(=O)c1cc2cc3c4c(c2oc1=O)CCCN4CCC3)C(=O)O. The standard InChI is InChI=1S/C26H28N4O11/c31-18(28-16(9-19(32)33)24(37)29-17(25(38)39)10-20(34)35)11-27-23(36)15-8-13-7-12-3-1-5-30-6-2-4-14(21(12)30)22(13)41-26(15)40/h7-8,16-17H,1-6,9-11H2,(H,27,36)(H,28,31)(H,29,37)(H,32,33)(H,34,35)(H,38,39)/p+1/t16-,17-/m0/s1. The van der Waals surface area contributed by atoms with Crippen LogP contribution in [0.5, 0.6) is 0 Å². The smallest absolute Gasteiger partial charge is 0.353 e. The molecule has 3 amide bonds. The summed E-state index contributed by atoms with van der Waals surface area (Å²) < 4.78 is 5.58. The summed E-state index contributed by atoms with van der Waals surface area (Å²) in [5, 5.41) is 32.5. The number of primary amides is 1. The van der Waals surface area contributed by atoms with E-state index in [2.05, 4.69) is 10.2 Å². The van der Waals surface area contributed by atoms with Crippen molar-refractivity contribution in [1.29, 1.82) is 0 Å². The number of carboxylic acid groups (broad SMARTS) is 3. The average Bonchev–Trinajstić information content (AvgIpc) is 2.90. The summed E-state index contributed by atoms with van der Waals surface area (Å²) in [5.41, 5.74) is 2.42. The van der Waals surface area contributed by atoms with Crippen molar-refractivity contribution in [3.63, 3.8) is 0 Å². The van der Waals surface area contributed by atoms with E-state index >= 15 is 0 Å². The normalized spacial score (nSPS) is 15.4. The highest BCUT2D eigenvalue weighted by atomic mass is 16.4. The lowest BCUT2D eigenvalue weighted by Crippen LogP contribution is -2.90. The third-order valence-electron chi connectivity index (χ3n) is 6.98. The lowest BCUT2D eigenvalue weighted by atomic mass is 9.90. The van der Waals surface area contributed by atoms with E-state index in [4.69, 9.17) is 19.7 Å². The first kappa shape index (κ1) is 29.2. The minimum Gasteiger partial charge on any atom is -0.481 e. The van der Waals surface area contributed by atoms with Gasteiger partial charge in [0.25, 0.3) is 5.91 Å². The van der Waals surface area contributed by atoms with Crippen molar-refractivity contribution >= 4 is 52.3 Å². The number of fused-ring (bicyclic) bond motifs is 2. The number of hydrogen-bond donors (Lipinski definition) is 6. The maximum atomic E-state index is 12.8. The van der Waals surface area contributed by atoms with Crippen LogP contribution < -0.4 is 26.5 Å². The molecular weight excluding hydrogens is 544 g/mol. The zero-order valence-corrected chi connectivity index (χ0v) is 21.8. The van der Waals surface area contributed by atoms with Crippen LogP contribution in [0.4, 0.5) is 5.69 Å². The summed E-state index contributed by atoms with van der Waals surface area (Å²) in [7, 11) is 0. The summed E-state index contributed by atoms with van der Waals surface area (Å²) in [5.74, 6) is -7.71. The fourth-order valence-electron chi connectivity index (χ4n) is 5.20. The molecule has 0 radical (unpaired) electrons. The number of anilines is 1. The largest absolute Gasteiger partial charge is 0.481 e. The van der Waals surface area contributed by atoms with E-state index in [1.165, 1.54) is 6.07 Å². The molecule has 1 aromatic carbocycles. The molecule has 2 aliphatic rings. The second-order valence-corrected chi connectivity index (χ2v) is 9.91. The van der Waals surface area contributed by atoms with Crippen LogP contribution >= 0.6 is 0 Å². The molecule has 218 valence electrons. The first-order chi connectivity index (χ1) is 19.4. The fraction of sp³-hybridized carbons (Fsp3) is 0.423. The Morgan fingerprint density at radius 2 is 1.59 bits per heavy atom. The van der Waals surface area contributed by atoms with Gasteiger partial charge in [-0.3, -0.25) is 24.5 Å². The van der Waals surface area contributed by atoms with Crippen LogP contribution in [0.3, 0.4) is 0 Å². The number of benzene rings is 1. The van der Waals surface area contributed by atoms with Crippen molar-refractivity contribution in [2.75, 3.05) is 24.5 Å². The van der Waals surface area contributed by atoms with Crippen molar-refractivity contribution in [1.82, 2.24) is 10.6 Å². The van der Waals surface area contributed by atoms with Gasteiger partial charge in [0.1, 0.15) is 17.7 Å². The number of carbonyl (C=O) groups is 6. The van der Waals surface area contributed by atoms with Gasteiger partial charge in [0.05, 0.1) is 12.8 Å². The van der Waals surface area contributed by atoms with E-state index in [1.807, 2.05) is 11.4 Å². The van der Waals surface area contributed by atoms with Crippen molar-refractivity contribution < 1.29 is 53.8 Å². The molecule has 2 atom stereocenters. The van der Waals surface area contributed by atoms with Crippen LogP contribution in [0.2, 0.25) is 0 Å². The molecule has 0 saturated carbocycles. The second kappa shape index (κ2) is 12.2. The Hall–Kier alpha value is -4.79. The lowest BCUT2D eigenvalue weighted by Gasteiger charge is -2.37. The van der Waals surface area contributed by atoms with Gasteiger partial charge in [0.15, 0.2) is 12.1 Å². The Bertz CT molecular complexity index is 1500. The molecule has 7 N–H and O–H groups in total. The van der Waals surface area contributed by atoms with Crippen LogP contribution in [-0.4, -0.2) is 82.7 Å². The van der Waals surface area contributed by atoms with Gasteiger partial charge in [-0.1, -0.05) is 0 Å². The number of nitrogens with one attached hydrogen (secondary N) is 2. The van der Waals surface area contributed by atoms with Gasteiger partial charge in [-0.05, 0) is 43.4 Å². The molecule has 0 saturated heterocycles. The number of nitrogens with zero attached hydrogens (tertiary/aromatic N) is 1. The van der Waals surface area contributed by atoms with Crippen molar-refractivity contribution in [2.24, 2.45) is 0 Å². The van der Waals surface area contributed by atoms with Crippen molar-refractivity contribution in [3.8, 4) is 0 Å². The fourth-order valence-corrected chi connectivity index (χ4v) is 5.20. The molecule has 0 unspecified atom stereocenters. The van der Waals surface area contributed by atoms with E-state index in [0.29, 0.717) is 11.0 Å². The predicted octanol–water partition coefficient (Wildman–Crippen LogP) is -1.80. The van der Waals surface area contributed by atoms with Gasteiger partial charge in [-0.25, -0.2) is 14.4 Å². The third-order valence-corrected chi connectivity index (χ3v) is 6.98. The van der Waals surface area contributed by atoms with Crippen LogP contribution in [0, 0.1) is 0 Å². The van der Waals surface area contributed by atoms with Gasteiger partial charge in [0, 0.05) is 29.7 Å². The van der Waals surface area contributed by atoms with E-state index in [9.17, 15) is 33.6 Å². The lowest BCUT2D eigenvalue weighted by molar-refractivity contribution is -0.543.